The van der Waals surface area contributed by atoms with E-state index in [2.05, 4.69) is 24.1 Å². The van der Waals surface area contributed by atoms with Gasteiger partial charge in [0.1, 0.15) is 0 Å². The second-order valence-corrected chi connectivity index (χ2v) is 5.95. The van der Waals surface area contributed by atoms with Crippen molar-refractivity contribution in [3.05, 3.63) is 0 Å². The van der Waals surface area contributed by atoms with E-state index in [1.807, 2.05) is 0 Å². The molecule has 0 aromatic rings. The van der Waals surface area contributed by atoms with Gasteiger partial charge in [-0.25, -0.2) is 0 Å². The summed E-state index contributed by atoms with van der Waals surface area (Å²) < 4.78 is 0. The van der Waals surface area contributed by atoms with Gasteiger partial charge >= 0.3 is 0 Å². The van der Waals surface area contributed by atoms with Crippen molar-refractivity contribution in [2.75, 3.05) is 13.1 Å². The van der Waals surface area contributed by atoms with Gasteiger partial charge in [0.05, 0.1) is 6.04 Å². The highest BCUT2D eigenvalue weighted by Gasteiger charge is 2.35. The van der Waals surface area contributed by atoms with E-state index in [1.54, 1.807) is 0 Å². The molecule has 3 nitrogen and oxygen atoms in total. The summed E-state index contributed by atoms with van der Waals surface area (Å²) in [5.74, 6) is 1.05. The highest BCUT2D eigenvalue weighted by atomic mass is 16.2. The summed E-state index contributed by atoms with van der Waals surface area (Å²) in [4.78, 5) is 14.6. The Labute approximate surface area is 105 Å². The lowest BCUT2D eigenvalue weighted by atomic mass is 10.0. The first-order chi connectivity index (χ1) is 8.18. The minimum Gasteiger partial charge on any atom is -0.338 e. The summed E-state index contributed by atoms with van der Waals surface area (Å²) in [7, 11) is 0. The van der Waals surface area contributed by atoms with E-state index >= 15 is 0 Å². The van der Waals surface area contributed by atoms with Crippen molar-refractivity contribution in [3.63, 3.8) is 0 Å². The van der Waals surface area contributed by atoms with Crippen LogP contribution in [0.2, 0.25) is 0 Å². The van der Waals surface area contributed by atoms with Crippen LogP contribution in [0.25, 0.3) is 0 Å². The predicted molar refractivity (Wildman–Crippen MR) is 69.8 cm³/mol. The number of amides is 1. The van der Waals surface area contributed by atoms with Crippen LogP contribution in [0.3, 0.4) is 0 Å². The van der Waals surface area contributed by atoms with Crippen molar-refractivity contribution < 1.29 is 4.79 Å². The molecule has 1 aliphatic carbocycles. The third-order valence-corrected chi connectivity index (χ3v) is 3.83. The van der Waals surface area contributed by atoms with Gasteiger partial charge in [-0.05, 0) is 44.6 Å². The number of hydrogen-bond donors (Lipinski definition) is 1. The maximum absolute atomic E-state index is 12.5. The number of nitrogens with one attached hydrogen (secondary N) is 1. The molecule has 3 heteroatoms. The fourth-order valence-electron chi connectivity index (χ4n) is 2.52. The van der Waals surface area contributed by atoms with E-state index < -0.39 is 0 Å². The minimum atomic E-state index is 0.108. The second kappa shape index (κ2) is 5.85. The molecule has 1 heterocycles. The smallest absolute Gasteiger partial charge is 0.239 e. The molecule has 1 unspecified atom stereocenters. The number of nitrogens with zero attached hydrogens (tertiary/aromatic N) is 1. The molecule has 0 aromatic heterocycles. The van der Waals surface area contributed by atoms with Crippen LogP contribution in [0.4, 0.5) is 0 Å². The topological polar surface area (TPSA) is 32.3 Å². The molecule has 2 aliphatic rings. The van der Waals surface area contributed by atoms with Crippen molar-refractivity contribution in [3.8, 4) is 0 Å². The van der Waals surface area contributed by atoms with E-state index in [0.29, 0.717) is 17.9 Å². The van der Waals surface area contributed by atoms with E-state index in [4.69, 9.17) is 0 Å². The number of piperidine rings is 1. The van der Waals surface area contributed by atoms with Gasteiger partial charge < -0.3 is 10.2 Å². The van der Waals surface area contributed by atoms with E-state index in [0.717, 1.165) is 25.9 Å². The lowest BCUT2D eigenvalue weighted by Gasteiger charge is -2.30. The maximum Gasteiger partial charge on any atom is 0.239 e. The van der Waals surface area contributed by atoms with Gasteiger partial charge in [-0.15, -0.1) is 0 Å². The molecule has 0 bridgehead atoms. The van der Waals surface area contributed by atoms with Gasteiger partial charge in [0.25, 0.3) is 0 Å². The first-order valence-electron chi connectivity index (χ1n) is 7.22. The lowest BCUT2D eigenvalue weighted by molar-refractivity contribution is -0.134. The van der Waals surface area contributed by atoms with E-state index in [1.165, 1.54) is 25.7 Å². The number of hydrogen-bond acceptors (Lipinski definition) is 2. The summed E-state index contributed by atoms with van der Waals surface area (Å²) in [6, 6.07) is 0.668. The van der Waals surface area contributed by atoms with Crippen LogP contribution in [0, 0.1) is 5.92 Å². The van der Waals surface area contributed by atoms with E-state index in [9.17, 15) is 4.79 Å². The van der Waals surface area contributed by atoms with Crippen LogP contribution >= 0.6 is 0 Å². The largest absolute Gasteiger partial charge is 0.338 e. The molecule has 0 aromatic carbocycles. The molecular formula is C14H26N2O. The molecule has 17 heavy (non-hydrogen) atoms. The predicted octanol–water partition coefficient (Wildman–Crippen LogP) is 2.17. The number of rotatable bonds is 5. The summed E-state index contributed by atoms with van der Waals surface area (Å²) in [5.41, 5.74) is 0. The quantitative estimate of drug-likeness (QED) is 0.796. The lowest BCUT2D eigenvalue weighted by Crippen LogP contribution is -2.49. The molecule has 1 aliphatic heterocycles. The molecule has 1 N–H and O–H groups in total. The van der Waals surface area contributed by atoms with Gasteiger partial charge in [-0.1, -0.05) is 20.3 Å². The van der Waals surface area contributed by atoms with Crippen molar-refractivity contribution >= 4 is 5.91 Å². The molecule has 0 spiro atoms. The van der Waals surface area contributed by atoms with Crippen molar-refractivity contribution in [2.45, 2.75) is 64.5 Å². The monoisotopic (exact) mass is 238 g/mol. The molecule has 1 atom stereocenters. The van der Waals surface area contributed by atoms with Gasteiger partial charge in [0.2, 0.25) is 5.91 Å². The summed E-state index contributed by atoms with van der Waals surface area (Å²) in [5, 5.41) is 3.38. The third-order valence-electron chi connectivity index (χ3n) is 3.83. The van der Waals surface area contributed by atoms with Gasteiger partial charge in [-0.3, -0.25) is 4.79 Å². The minimum absolute atomic E-state index is 0.108. The summed E-state index contributed by atoms with van der Waals surface area (Å²) in [6.45, 7) is 6.43. The molecule has 1 saturated carbocycles. The summed E-state index contributed by atoms with van der Waals surface area (Å²) >= 11 is 0. The van der Waals surface area contributed by atoms with Crippen LogP contribution in [-0.2, 0) is 4.79 Å². The first kappa shape index (κ1) is 12.9. The Bertz CT molecular complexity index is 255. The Balaban J connectivity index is 1.87. The standard InChI is InChI=1S/C14H26N2O/c1-11(2)8-10-16(12-6-7-12)14(17)13-5-3-4-9-15-13/h11-13,15H,3-10H2,1-2H3. The molecule has 1 saturated heterocycles. The van der Waals surface area contributed by atoms with Crippen LogP contribution in [0.1, 0.15) is 52.4 Å². The molecule has 1 amide bonds. The Morgan fingerprint density at radius 2 is 2.06 bits per heavy atom. The fourth-order valence-corrected chi connectivity index (χ4v) is 2.52. The molecule has 0 radical (unpaired) electrons. The fraction of sp³-hybridized carbons (Fsp3) is 0.929. The van der Waals surface area contributed by atoms with Crippen LogP contribution in [0.15, 0.2) is 0 Å². The number of carbonyl (C=O) groups excluding carboxylic acids is 1. The molecule has 98 valence electrons. The normalized spacial score (nSPS) is 25.0. The maximum atomic E-state index is 12.5. The Hall–Kier alpha value is -0.570. The Morgan fingerprint density at radius 3 is 2.59 bits per heavy atom. The third kappa shape index (κ3) is 3.70. The van der Waals surface area contributed by atoms with Crippen LogP contribution in [-0.4, -0.2) is 36.0 Å². The highest BCUT2D eigenvalue weighted by Crippen LogP contribution is 2.28. The first-order valence-corrected chi connectivity index (χ1v) is 7.22. The Kier molecular flexibility index (Phi) is 4.43. The molecule has 2 rings (SSSR count). The van der Waals surface area contributed by atoms with Crippen molar-refractivity contribution in [2.24, 2.45) is 5.92 Å². The molecule has 2 fully saturated rings. The SMILES string of the molecule is CC(C)CCN(C(=O)C1CCCCN1)C1CC1. The molecular weight excluding hydrogens is 212 g/mol. The second-order valence-electron chi connectivity index (χ2n) is 5.95. The van der Waals surface area contributed by atoms with Crippen molar-refractivity contribution in [1.29, 1.82) is 0 Å². The zero-order chi connectivity index (χ0) is 12.3. The Morgan fingerprint density at radius 1 is 1.29 bits per heavy atom. The highest BCUT2D eigenvalue weighted by molar-refractivity contribution is 5.82. The van der Waals surface area contributed by atoms with Crippen LogP contribution in [0.5, 0.6) is 0 Å². The van der Waals surface area contributed by atoms with Gasteiger partial charge in [0, 0.05) is 12.6 Å². The average molecular weight is 238 g/mol. The van der Waals surface area contributed by atoms with E-state index in [-0.39, 0.29) is 6.04 Å². The number of carbonyl (C=O) groups is 1. The zero-order valence-electron chi connectivity index (χ0n) is 11.2. The van der Waals surface area contributed by atoms with Gasteiger partial charge in [0.15, 0.2) is 0 Å². The zero-order valence-corrected chi connectivity index (χ0v) is 11.2. The van der Waals surface area contributed by atoms with Crippen molar-refractivity contribution in [1.82, 2.24) is 10.2 Å². The average Bonchev–Trinajstić information content (AvgIpc) is 3.14. The van der Waals surface area contributed by atoms with Gasteiger partial charge in [-0.2, -0.15) is 0 Å². The summed E-state index contributed by atoms with van der Waals surface area (Å²) in [6.07, 6.45) is 7.02. The van der Waals surface area contributed by atoms with Crippen LogP contribution < -0.4 is 5.32 Å².